The molecule has 7 nitrogen and oxygen atoms in total. The molecule has 2 aromatic rings. The first-order valence-electron chi connectivity index (χ1n) is 8.63. The zero-order valence-corrected chi connectivity index (χ0v) is 17.0. The van der Waals surface area contributed by atoms with Gasteiger partial charge in [-0.2, -0.15) is 0 Å². The first-order valence-corrected chi connectivity index (χ1v) is 9.39. The van der Waals surface area contributed by atoms with Gasteiger partial charge >= 0.3 is 5.97 Å². The number of nitrogens with one attached hydrogen (secondary N) is 1. The highest BCUT2D eigenvalue weighted by Crippen LogP contribution is 2.33. The number of carbonyl (C=O) groups excluding carboxylic acids is 4. The van der Waals surface area contributed by atoms with E-state index < -0.39 is 30.3 Å². The SMILES string of the molecule is CC(C)NC(=O)COC(=O)c1ccc2c(c1)C(=O)N(c1ccc(Cl)c(Cl)c1)C2=O. The van der Waals surface area contributed by atoms with E-state index in [9.17, 15) is 19.2 Å². The van der Waals surface area contributed by atoms with Gasteiger partial charge in [0.1, 0.15) is 0 Å². The summed E-state index contributed by atoms with van der Waals surface area (Å²) in [6.45, 7) is 3.11. The predicted molar refractivity (Wildman–Crippen MR) is 108 cm³/mol. The summed E-state index contributed by atoms with van der Waals surface area (Å²) in [7, 11) is 0. The predicted octanol–water partition coefficient (Wildman–Crippen LogP) is 3.48. The molecule has 0 radical (unpaired) electrons. The minimum Gasteiger partial charge on any atom is -0.452 e. The first-order chi connectivity index (χ1) is 13.7. The second kappa shape index (κ2) is 8.23. The molecular formula is C20H16Cl2N2O5. The average molecular weight is 435 g/mol. The number of amides is 3. The van der Waals surface area contributed by atoms with Crippen molar-refractivity contribution < 1.29 is 23.9 Å². The lowest BCUT2D eigenvalue weighted by Gasteiger charge is -2.14. The second-order valence-corrected chi connectivity index (χ2v) is 7.42. The van der Waals surface area contributed by atoms with Gasteiger partial charge in [-0.1, -0.05) is 23.2 Å². The number of halogens is 2. The highest BCUT2D eigenvalue weighted by molar-refractivity contribution is 6.42. The van der Waals surface area contributed by atoms with Crippen molar-refractivity contribution in [2.45, 2.75) is 19.9 Å². The molecule has 1 heterocycles. The zero-order chi connectivity index (χ0) is 21.3. The number of imide groups is 1. The van der Waals surface area contributed by atoms with Crippen LogP contribution in [0.15, 0.2) is 36.4 Å². The summed E-state index contributed by atoms with van der Waals surface area (Å²) in [4.78, 5) is 50.2. The summed E-state index contributed by atoms with van der Waals surface area (Å²) >= 11 is 11.9. The molecular weight excluding hydrogens is 419 g/mol. The maximum absolute atomic E-state index is 12.8. The third-order valence-electron chi connectivity index (χ3n) is 4.07. The van der Waals surface area contributed by atoms with Gasteiger partial charge in [0.05, 0.1) is 32.4 Å². The van der Waals surface area contributed by atoms with E-state index in [1.54, 1.807) is 13.8 Å². The molecule has 0 aliphatic carbocycles. The fourth-order valence-electron chi connectivity index (χ4n) is 2.80. The Labute approximate surface area is 176 Å². The summed E-state index contributed by atoms with van der Waals surface area (Å²) < 4.78 is 4.96. The Bertz CT molecular complexity index is 1040. The van der Waals surface area contributed by atoms with Crippen LogP contribution in [-0.2, 0) is 9.53 Å². The van der Waals surface area contributed by atoms with Crippen LogP contribution < -0.4 is 10.2 Å². The van der Waals surface area contributed by atoms with E-state index in [-0.39, 0.29) is 33.4 Å². The molecule has 3 amide bonds. The van der Waals surface area contributed by atoms with E-state index in [0.717, 1.165) is 4.90 Å². The van der Waals surface area contributed by atoms with Crippen molar-refractivity contribution in [1.82, 2.24) is 5.32 Å². The number of anilines is 1. The number of rotatable bonds is 5. The molecule has 1 N–H and O–H groups in total. The Morgan fingerprint density at radius 2 is 1.69 bits per heavy atom. The molecule has 0 saturated carbocycles. The second-order valence-electron chi connectivity index (χ2n) is 6.60. The third kappa shape index (κ3) is 4.26. The number of hydrogen-bond acceptors (Lipinski definition) is 5. The minimum atomic E-state index is -0.778. The molecule has 3 rings (SSSR count). The Morgan fingerprint density at radius 1 is 1.00 bits per heavy atom. The zero-order valence-electron chi connectivity index (χ0n) is 15.5. The molecule has 29 heavy (non-hydrogen) atoms. The highest BCUT2D eigenvalue weighted by atomic mass is 35.5. The number of nitrogens with zero attached hydrogens (tertiary/aromatic N) is 1. The Kier molecular flexibility index (Phi) is 5.91. The Hall–Kier alpha value is -2.90. The van der Waals surface area contributed by atoms with Crippen LogP contribution in [-0.4, -0.2) is 36.3 Å². The summed E-state index contributed by atoms with van der Waals surface area (Å²) in [5, 5.41) is 3.08. The lowest BCUT2D eigenvalue weighted by atomic mass is 10.1. The van der Waals surface area contributed by atoms with Crippen molar-refractivity contribution in [3.05, 3.63) is 63.1 Å². The van der Waals surface area contributed by atoms with E-state index in [0.29, 0.717) is 5.02 Å². The van der Waals surface area contributed by atoms with Crippen LogP contribution in [0.5, 0.6) is 0 Å². The van der Waals surface area contributed by atoms with E-state index >= 15 is 0 Å². The van der Waals surface area contributed by atoms with Crippen LogP contribution in [0.1, 0.15) is 44.9 Å². The number of carbonyl (C=O) groups is 4. The van der Waals surface area contributed by atoms with Crippen molar-refractivity contribution in [3.63, 3.8) is 0 Å². The van der Waals surface area contributed by atoms with Crippen LogP contribution in [0.3, 0.4) is 0 Å². The summed E-state index contributed by atoms with van der Waals surface area (Å²) in [5.41, 5.74) is 0.524. The summed E-state index contributed by atoms with van der Waals surface area (Å²) in [6, 6.07) is 8.32. The molecule has 9 heteroatoms. The molecule has 0 saturated heterocycles. The standard InChI is InChI=1S/C20H16Cl2N2O5/c1-10(2)23-17(25)9-29-20(28)11-3-5-13-14(7-11)19(27)24(18(13)26)12-4-6-15(21)16(22)8-12/h3-8,10H,9H2,1-2H3,(H,23,25). The van der Waals surface area contributed by atoms with Crippen molar-refractivity contribution in [1.29, 1.82) is 0 Å². The Morgan fingerprint density at radius 3 is 2.34 bits per heavy atom. The van der Waals surface area contributed by atoms with Crippen LogP contribution in [0, 0.1) is 0 Å². The van der Waals surface area contributed by atoms with Gasteiger partial charge in [0.25, 0.3) is 17.7 Å². The van der Waals surface area contributed by atoms with Crippen LogP contribution in [0.2, 0.25) is 10.0 Å². The van der Waals surface area contributed by atoms with Gasteiger partial charge in [-0.15, -0.1) is 0 Å². The van der Waals surface area contributed by atoms with Gasteiger partial charge in [-0.05, 0) is 50.2 Å². The molecule has 0 aromatic heterocycles. The molecule has 2 aromatic carbocycles. The number of benzene rings is 2. The number of ether oxygens (including phenoxy) is 1. The number of fused-ring (bicyclic) bond motifs is 1. The lowest BCUT2D eigenvalue weighted by molar-refractivity contribution is -0.124. The minimum absolute atomic E-state index is 0.0539. The van der Waals surface area contributed by atoms with Crippen LogP contribution in [0.25, 0.3) is 0 Å². The molecule has 1 aliphatic heterocycles. The number of esters is 1. The van der Waals surface area contributed by atoms with Gasteiger partial charge in [0.2, 0.25) is 0 Å². The maximum Gasteiger partial charge on any atom is 0.338 e. The van der Waals surface area contributed by atoms with Crippen molar-refractivity contribution in [3.8, 4) is 0 Å². The largest absolute Gasteiger partial charge is 0.452 e. The van der Waals surface area contributed by atoms with Crippen molar-refractivity contribution in [2.75, 3.05) is 11.5 Å². The molecule has 0 atom stereocenters. The van der Waals surface area contributed by atoms with Gasteiger partial charge in [-0.3, -0.25) is 14.4 Å². The fraction of sp³-hybridized carbons (Fsp3) is 0.200. The summed E-state index contributed by atoms with van der Waals surface area (Å²) in [6.07, 6.45) is 0. The molecule has 150 valence electrons. The van der Waals surface area contributed by atoms with E-state index in [1.807, 2.05) is 0 Å². The molecule has 0 spiro atoms. The molecule has 0 fully saturated rings. The molecule has 0 unspecified atom stereocenters. The quantitative estimate of drug-likeness (QED) is 0.574. The smallest absolute Gasteiger partial charge is 0.338 e. The fourth-order valence-corrected chi connectivity index (χ4v) is 3.10. The van der Waals surface area contributed by atoms with Crippen molar-refractivity contribution >= 4 is 52.6 Å². The van der Waals surface area contributed by atoms with E-state index in [1.165, 1.54) is 36.4 Å². The van der Waals surface area contributed by atoms with Gasteiger partial charge in [0.15, 0.2) is 6.61 Å². The van der Waals surface area contributed by atoms with Crippen LogP contribution >= 0.6 is 23.2 Å². The normalized spacial score (nSPS) is 12.9. The lowest BCUT2D eigenvalue weighted by Crippen LogP contribution is -2.34. The monoisotopic (exact) mass is 434 g/mol. The molecule has 0 bridgehead atoms. The van der Waals surface area contributed by atoms with Gasteiger partial charge in [0, 0.05) is 6.04 Å². The van der Waals surface area contributed by atoms with Gasteiger partial charge in [-0.25, -0.2) is 9.69 Å². The first kappa shape index (κ1) is 20.8. The number of hydrogen-bond donors (Lipinski definition) is 1. The van der Waals surface area contributed by atoms with Gasteiger partial charge < -0.3 is 10.1 Å². The van der Waals surface area contributed by atoms with E-state index in [4.69, 9.17) is 27.9 Å². The topological polar surface area (TPSA) is 92.8 Å². The molecule has 1 aliphatic rings. The third-order valence-corrected chi connectivity index (χ3v) is 4.81. The van der Waals surface area contributed by atoms with Crippen LogP contribution in [0.4, 0.5) is 5.69 Å². The summed E-state index contributed by atoms with van der Waals surface area (Å²) in [5.74, 6) is -2.36. The van der Waals surface area contributed by atoms with Crippen molar-refractivity contribution in [2.24, 2.45) is 0 Å². The van der Waals surface area contributed by atoms with E-state index in [2.05, 4.69) is 5.32 Å². The maximum atomic E-state index is 12.8. The average Bonchev–Trinajstić information content (AvgIpc) is 2.92. The highest BCUT2D eigenvalue weighted by Gasteiger charge is 2.37. The Balaban J connectivity index is 1.81.